The van der Waals surface area contributed by atoms with Gasteiger partial charge in [-0.25, -0.2) is 13.1 Å². The minimum Gasteiger partial charge on any atom is -0.213 e. The van der Waals surface area contributed by atoms with Crippen LogP contribution in [0.1, 0.15) is 31.2 Å². The van der Waals surface area contributed by atoms with Crippen LogP contribution >= 0.6 is 11.8 Å². The molecule has 2 rings (SSSR count). The van der Waals surface area contributed by atoms with Gasteiger partial charge in [0.25, 0.3) is 0 Å². The van der Waals surface area contributed by atoms with Crippen molar-refractivity contribution >= 4 is 21.8 Å². The van der Waals surface area contributed by atoms with Gasteiger partial charge in [0, 0.05) is 16.7 Å². The molecule has 0 bridgehead atoms. The van der Waals surface area contributed by atoms with Crippen LogP contribution in [-0.2, 0) is 16.6 Å². The SMILES string of the molecule is CS(=O)(=O)NCc1ccc(SC2CCCC2)cc1. The smallest absolute Gasteiger partial charge is 0.209 e. The monoisotopic (exact) mass is 285 g/mol. The lowest BCUT2D eigenvalue weighted by molar-refractivity contribution is 0.587. The summed E-state index contributed by atoms with van der Waals surface area (Å²) in [6, 6.07) is 8.16. The van der Waals surface area contributed by atoms with Crippen LogP contribution in [0.3, 0.4) is 0 Å². The van der Waals surface area contributed by atoms with E-state index in [9.17, 15) is 8.42 Å². The Morgan fingerprint density at radius 3 is 2.39 bits per heavy atom. The van der Waals surface area contributed by atoms with Gasteiger partial charge in [0.15, 0.2) is 0 Å². The maximum atomic E-state index is 11.0. The fraction of sp³-hybridized carbons (Fsp3) is 0.538. The fourth-order valence-electron chi connectivity index (χ4n) is 2.10. The average Bonchev–Trinajstić information content (AvgIpc) is 2.80. The minimum absolute atomic E-state index is 0.368. The topological polar surface area (TPSA) is 46.2 Å². The summed E-state index contributed by atoms with van der Waals surface area (Å²) in [5.74, 6) is 0. The summed E-state index contributed by atoms with van der Waals surface area (Å²) >= 11 is 1.94. The molecule has 3 nitrogen and oxygen atoms in total. The molecule has 0 amide bonds. The van der Waals surface area contributed by atoms with Crippen LogP contribution in [0.15, 0.2) is 29.2 Å². The molecule has 1 aliphatic carbocycles. The molecule has 1 aliphatic rings. The second-order valence-electron chi connectivity index (χ2n) is 4.76. The van der Waals surface area contributed by atoms with Crippen molar-refractivity contribution in [3.8, 4) is 0 Å². The summed E-state index contributed by atoms with van der Waals surface area (Å²) < 4.78 is 24.5. The lowest BCUT2D eigenvalue weighted by Gasteiger charge is -2.09. The van der Waals surface area contributed by atoms with E-state index in [0.29, 0.717) is 6.54 Å². The number of rotatable bonds is 5. The highest BCUT2D eigenvalue weighted by Gasteiger charge is 2.15. The van der Waals surface area contributed by atoms with Crippen molar-refractivity contribution in [2.45, 2.75) is 42.4 Å². The molecule has 0 aromatic heterocycles. The van der Waals surface area contributed by atoms with Gasteiger partial charge in [0.05, 0.1) is 6.26 Å². The molecule has 0 radical (unpaired) electrons. The Kier molecular flexibility index (Phi) is 4.70. The number of sulfonamides is 1. The van der Waals surface area contributed by atoms with Crippen LogP contribution in [-0.4, -0.2) is 19.9 Å². The van der Waals surface area contributed by atoms with Gasteiger partial charge in [-0.2, -0.15) is 0 Å². The minimum atomic E-state index is -3.11. The molecule has 1 fully saturated rings. The van der Waals surface area contributed by atoms with Gasteiger partial charge in [-0.15, -0.1) is 11.8 Å². The van der Waals surface area contributed by atoms with Crippen LogP contribution in [0.25, 0.3) is 0 Å². The molecule has 0 unspecified atom stereocenters. The van der Waals surface area contributed by atoms with E-state index in [2.05, 4.69) is 16.9 Å². The molecule has 0 atom stereocenters. The summed E-state index contributed by atoms with van der Waals surface area (Å²) in [5.41, 5.74) is 0.996. The number of hydrogen-bond donors (Lipinski definition) is 1. The molecular weight excluding hydrogens is 266 g/mol. The fourth-order valence-corrected chi connectivity index (χ4v) is 3.77. The third kappa shape index (κ3) is 4.63. The molecule has 0 heterocycles. The molecule has 1 aromatic carbocycles. The van der Waals surface area contributed by atoms with Crippen LogP contribution in [0.4, 0.5) is 0 Å². The zero-order valence-corrected chi connectivity index (χ0v) is 12.2. The molecule has 5 heteroatoms. The number of thioether (sulfide) groups is 1. The predicted molar refractivity (Wildman–Crippen MR) is 76.2 cm³/mol. The van der Waals surface area contributed by atoms with E-state index in [1.807, 2.05) is 23.9 Å². The Labute approximate surface area is 113 Å². The van der Waals surface area contributed by atoms with Crippen molar-refractivity contribution < 1.29 is 8.42 Å². The van der Waals surface area contributed by atoms with Crippen molar-refractivity contribution in [3.05, 3.63) is 29.8 Å². The van der Waals surface area contributed by atoms with Crippen molar-refractivity contribution in [3.63, 3.8) is 0 Å². The molecule has 0 aliphatic heterocycles. The first-order valence-corrected chi connectivity index (χ1v) is 9.00. The summed E-state index contributed by atoms with van der Waals surface area (Å²) in [6.45, 7) is 0.368. The zero-order valence-electron chi connectivity index (χ0n) is 10.6. The van der Waals surface area contributed by atoms with Gasteiger partial charge in [0.1, 0.15) is 0 Å². The summed E-state index contributed by atoms with van der Waals surface area (Å²) in [6.07, 6.45) is 6.53. The summed E-state index contributed by atoms with van der Waals surface area (Å²) in [5, 5.41) is 0.769. The second kappa shape index (κ2) is 6.08. The van der Waals surface area contributed by atoms with Gasteiger partial charge < -0.3 is 0 Å². The highest BCUT2D eigenvalue weighted by atomic mass is 32.2. The number of hydrogen-bond acceptors (Lipinski definition) is 3. The van der Waals surface area contributed by atoms with E-state index in [4.69, 9.17) is 0 Å². The maximum absolute atomic E-state index is 11.0. The van der Waals surface area contributed by atoms with Crippen molar-refractivity contribution in [1.29, 1.82) is 0 Å². The highest BCUT2D eigenvalue weighted by Crippen LogP contribution is 2.34. The largest absolute Gasteiger partial charge is 0.213 e. The third-order valence-corrected chi connectivity index (χ3v) is 5.08. The first kappa shape index (κ1) is 13.9. The molecule has 100 valence electrons. The van der Waals surface area contributed by atoms with Crippen LogP contribution in [0.2, 0.25) is 0 Å². The Balaban J connectivity index is 1.88. The second-order valence-corrected chi connectivity index (χ2v) is 7.97. The quantitative estimate of drug-likeness (QED) is 0.905. The van der Waals surface area contributed by atoms with Crippen LogP contribution in [0, 0.1) is 0 Å². The van der Waals surface area contributed by atoms with E-state index in [-0.39, 0.29) is 0 Å². The van der Waals surface area contributed by atoms with E-state index in [0.717, 1.165) is 10.8 Å². The normalized spacial score (nSPS) is 17.2. The molecule has 1 N–H and O–H groups in total. The average molecular weight is 285 g/mol. The van der Waals surface area contributed by atoms with Gasteiger partial charge in [-0.05, 0) is 30.5 Å². The van der Waals surface area contributed by atoms with Crippen LogP contribution < -0.4 is 4.72 Å². The van der Waals surface area contributed by atoms with Gasteiger partial charge in [-0.3, -0.25) is 0 Å². The highest BCUT2D eigenvalue weighted by molar-refractivity contribution is 8.00. The van der Waals surface area contributed by atoms with Crippen LogP contribution in [0.5, 0.6) is 0 Å². The Morgan fingerprint density at radius 2 is 1.83 bits per heavy atom. The first-order chi connectivity index (χ1) is 8.53. The molecule has 0 spiro atoms. The van der Waals surface area contributed by atoms with Gasteiger partial charge in [0.2, 0.25) is 10.0 Å². The summed E-state index contributed by atoms with van der Waals surface area (Å²) in [4.78, 5) is 1.28. The molecular formula is C13H19NO2S2. The first-order valence-electron chi connectivity index (χ1n) is 6.23. The van der Waals surface area contributed by atoms with E-state index in [1.54, 1.807) is 0 Å². The predicted octanol–water partition coefficient (Wildman–Crippen LogP) is 2.77. The Morgan fingerprint density at radius 1 is 1.22 bits per heavy atom. The Bertz CT molecular complexity index is 476. The molecule has 18 heavy (non-hydrogen) atoms. The Hall–Kier alpha value is -0.520. The van der Waals surface area contributed by atoms with Gasteiger partial charge >= 0.3 is 0 Å². The molecule has 0 saturated heterocycles. The van der Waals surface area contributed by atoms with Crippen molar-refractivity contribution in [1.82, 2.24) is 4.72 Å². The van der Waals surface area contributed by atoms with Gasteiger partial charge in [-0.1, -0.05) is 25.0 Å². The standard InChI is InChI=1S/C13H19NO2S2/c1-18(15,16)14-10-11-6-8-13(9-7-11)17-12-4-2-3-5-12/h6-9,12,14H,2-5,10H2,1H3. The summed E-state index contributed by atoms with van der Waals surface area (Å²) in [7, 11) is -3.11. The molecule has 1 aromatic rings. The number of nitrogens with one attached hydrogen (secondary N) is 1. The van der Waals surface area contributed by atoms with E-state index < -0.39 is 10.0 Å². The zero-order chi connectivity index (χ0) is 13.0. The number of benzene rings is 1. The third-order valence-electron chi connectivity index (χ3n) is 3.07. The molecule has 1 saturated carbocycles. The maximum Gasteiger partial charge on any atom is 0.209 e. The lowest BCUT2D eigenvalue weighted by Crippen LogP contribution is -2.21. The lowest BCUT2D eigenvalue weighted by atomic mass is 10.2. The van der Waals surface area contributed by atoms with E-state index >= 15 is 0 Å². The van der Waals surface area contributed by atoms with Crippen molar-refractivity contribution in [2.24, 2.45) is 0 Å². The van der Waals surface area contributed by atoms with Crippen molar-refractivity contribution in [2.75, 3.05) is 6.26 Å². The van der Waals surface area contributed by atoms with E-state index in [1.165, 1.54) is 36.8 Å².